The number of para-hydroxylation sites is 1. The molecule has 7 heteroatoms. The molecule has 0 unspecified atom stereocenters. The first kappa shape index (κ1) is 19.2. The number of hydrogen-bond acceptors (Lipinski definition) is 5. The van der Waals surface area contributed by atoms with Gasteiger partial charge in [0, 0.05) is 0 Å². The van der Waals surface area contributed by atoms with Crippen molar-refractivity contribution in [2.45, 2.75) is 24.6 Å². The molecule has 1 heterocycles. The molecule has 1 atom stereocenters. The van der Waals surface area contributed by atoms with E-state index >= 15 is 0 Å². The molecule has 0 saturated heterocycles. The SMILES string of the molecule is Cc1cccc(COC(=O)c2ccc([C@H]3Nc4ccccc4S(=O)(=O)N3)cc2)c1. The van der Waals surface area contributed by atoms with Crippen molar-refractivity contribution in [3.8, 4) is 0 Å². The average Bonchev–Trinajstić information content (AvgIpc) is 2.72. The lowest BCUT2D eigenvalue weighted by molar-refractivity contribution is 0.0472. The van der Waals surface area contributed by atoms with Gasteiger partial charge in [-0.3, -0.25) is 0 Å². The van der Waals surface area contributed by atoms with Gasteiger partial charge >= 0.3 is 5.97 Å². The highest BCUT2D eigenvalue weighted by Crippen LogP contribution is 2.30. The number of carbonyl (C=O) groups is 1. The second kappa shape index (κ2) is 7.69. The van der Waals surface area contributed by atoms with Crippen LogP contribution in [0.25, 0.3) is 0 Å². The Morgan fingerprint density at radius 1 is 1.00 bits per heavy atom. The van der Waals surface area contributed by atoms with Crippen LogP contribution in [-0.4, -0.2) is 14.4 Å². The van der Waals surface area contributed by atoms with Crippen LogP contribution in [0.15, 0.2) is 77.7 Å². The van der Waals surface area contributed by atoms with Gasteiger partial charge in [-0.05, 0) is 42.3 Å². The summed E-state index contributed by atoms with van der Waals surface area (Å²) < 4.78 is 32.9. The molecule has 148 valence electrons. The first-order chi connectivity index (χ1) is 13.9. The molecule has 0 amide bonds. The standard InChI is InChI=1S/C22H20N2O4S/c1-15-5-4-6-16(13-15)14-28-22(25)18-11-9-17(10-12-18)21-23-19-7-2-3-8-20(19)29(26,27)24-21/h2-13,21,23-24H,14H2,1H3/t21-/m0/s1. The van der Waals surface area contributed by atoms with Crippen LogP contribution in [0.3, 0.4) is 0 Å². The van der Waals surface area contributed by atoms with Gasteiger partial charge in [0.25, 0.3) is 0 Å². The van der Waals surface area contributed by atoms with E-state index in [9.17, 15) is 13.2 Å². The summed E-state index contributed by atoms with van der Waals surface area (Å²) in [6, 6.07) is 21.2. The van der Waals surface area contributed by atoms with Gasteiger partial charge < -0.3 is 10.1 Å². The summed E-state index contributed by atoms with van der Waals surface area (Å²) in [7, 11) is -3.61. The molecule has 4 rings (SSSR count). The third-order valence-corrected chi connectivity index (χ3v) is 6.16. The van der Waals surface area contributed by atoms with E-state index in [1.54, 1.807) is 48.5 Å². The number of aryl methyl sites for hydroxylation is 1. The van der Waals surface area contributed by atoms with E-state index in [0.29, 0.717) is 16.8 Å². The molecule has 0 aliphatic carbocycles. The largest absolute Gasteiger partial charge is 0.457 e. The predicted molar refractivity (Wildman–Crippen MR) is 110 cm³/mol. The first-order valence-electron chi connectivity index (χ1n) is 9.13. The van der Waals surface area contributed by atoms with Crippen molar-refractivity contribution in [1.29, 1.82) is 0 Å². The molecule has 2 N–H and O–H groups in total. The maximum atomic E-state index is 12.5. The zero-order valence-corrected chi connectivity index (χ0v) is 16.6. The number of ether oxygens (including phenoxy) is 1. The van der Waals surface area contributed by atoms with Crippen molar-refractivity contribution in [2.75, 3.05) is 5.32 Å². The van der Waals surface area contributed by atoms with E-state index in [0.717, 1.165) is 11.1 Å². The number of anilines is 1. The van der Waals surface area contributed by atoms with Gasteiger partial charge in [-0.15, -0.1) is 0 Å². The number of nitrogens with one attached hydrogen (secondary N) is 2. The summed E-state index contributed by atoms with van der Waals surface area (Å²) in [6.07, 6.45) is -0.618. The van der Waals surface area contributed by atoms with Gasteiger partial charge in [-0.2, -0.15) is 4.72 Å². The van der Waals surface area contributed by atoms with Crippen LogP contribution in [0.1, 0.15) is 33.2 Å². The fourth-order valence-corrected chi connectivity index (χ4v) is 4.53. The van der Waals surface area contributed by atoms with Crippen molar-refractivity contribution in [3.05, 3.63) is 95.1 Å². The Kier molecular flexibility index (Phi) is 5.08. The van der Waals surface area contributed by atoms with E-state index in [2.05, 4.69) is 10.0 Å². The van der Waals surface area contributed by atoms with Crippen LogP contribution in [0.5, 0.6) is 0 Å². The molecule has 0 radical (unpaired) electrons. The minimum atomic E-state index is -3.61. The summed E-state index contributed by atoms with van der Waals surface area (Å²) in [6.45, 7) is 2.18. The molecule has 6 nitrogen and oxygen atoms in total. The Bertz CT molecular complexity index is 1160. The number of esters is 1. The maximum absolute atomic E-state index is 12.5. The van der Waals surface area contributed by atoms with Crippen molar-refractivity contribution < 1.29 is 17.9 Å². The normalized spacial score (nSPS) is 17.1. The van der Waals surface area contributed by atoms with Crippen LogP contribution in [0, 0.1) is 6.92 Å². The van der Waals surface area contributed by atoms with Crippen LogP contribution in [0.4, 0.5) is 5.69 Å². The second-order valence-corrected chi connectivity index (χ2v) is 8.56. The minimum absolute atomic E-state index is 0.197. The van der Waals surface area contributed by atoms with E-state index in [1.807, 2.05) is 31.2 Å². The topological polar surface area (TPSA) is 84.5 Å². The maximum Gasteiger partial charge on any atom is 0.338 e. The summed E-state index contributed by atoms with van der Waals surface area (Å²) in [5, 5.41) is 3.16. The summed E-state index contributed by atoms with van der Waals surface area (Å²) >= 11 is 0. The molecule has 3 aromatic carbocycles. The van der Waals surface area contributed by atoms with Crippen molar-refractivity contribution in [1.82, 2.24) is 4.72 Å². The summed E-state index contributed by atoms with van der Waals surface area (Å²) in [5.74, 6) is -0.430. The Morgan fingerprint density at radius 2 is 1.76 bits per heavy atom. The van der Waals surface area contributed by atoms with Gasteiger partial charge in [-0.1, -0.05) is 54.1 Å². The van der Waals surface area contributed by atoms with Gasteiger partial charge in [-0.25, -0.2) is 13.2 Å². The third kappa shape index (κ3) is 4.16. The fraction of sp³-hybridized carbons (Fsp3) is 0.136. The summed E-state index contributed by atoms with van der Waals surface area (Å²) in [4.78, 5) is 12.5. The number of fused-ring (bicyclic) bond motifs is 1. The van der Waals surface area contributed by atoms with Crippen LogP contribution in [0.2, 0.25) is 0 Å². The lowest BCUT2D eigenvalue weighted by Gasteiger charge is -2.28. The first-order valence-corrected chi connectivity index (χ1v) is 10.6. The highest BCUT2D eigenvalue weighted by Gasteiger charge is 2.29. The van der Waals surface area contributed by atoms with Gasteiger partial charge in [0.15, 0.2) is 0 Å². The highest BCUT2D eigenvalue weighted by molar-refractivity contribution is 7.89. The molecule has 0 aromatic heterocycles. The van der Waals surface area contributed by atoms with Crippen molar-refractivity contribution in [3.63, 3.8) is 0 Å². The Balaban J connectivity index is 1.46. The Labute approximate surface area is 169 Å². The average molecular weight is 408 g/mol. The monoisotopic (exact) mass is 408 g/mol. The Hall–Kier alpha value is -3.16. The minimum Gasteiger partial charge on any atom is -0.457 e. The molecule has 0 bridgehead atoms. The van der Waals surface area contributed by atoms with Gasteiger partial charge in [0.1, 0.15) is 17.7 Å². The quantitative estimate of drug-likeness (QED) is 0.642. The van der Waals surface area contributed by atoms with Gasteiger partial charge in [0.05, 0.1) is 11.3 Å². The lowest BCUT2D eigenvalue weighted by Crippen LogP contribution is -2.38. The van der Waals surface area contributed by atoms with E-state index in [-0.39, 0.29) is 11.5 Å². The van der Waals surface area contributed by atoms with E-state index in [1.165, 1.54) is 0 Å². The molecule has 0 spiro atoms. The zero-order chi connectivity index (χ0) is 20.4. The Morgan fingerprint density at radius 3 is 2.52 bits per heavy atom. The van der Waals surface area contributed by atoms with E-state index < -0.39 is 22.2 Å². The smallest absolute Gasteiger partial charge is 0.338 e. The molecule has 0 saturated carbocycles. The van der Waals surface area contributed by atoms with Crippen LogP contribution in [-0.2, 0) is 21.4 Å². The van der Waals surface area contributed by atoms with Crippen molar-refractivity contribution in [2.24, 2.45) is 0 Å². The van der Waals surface area contributed by atoms with Crippen LogP contribution >= 0.6 is 0 Å². The zero-order valence-electron chi connectivity index (χ0n) is 15.8. The lowest BCUT2D eigenvalue weighted by atomic mass is 10.1. The number of sulfonamides is 1. The molecule has 0 fully saturated rings. The number of benzene rings is 3. The molecule has 1 aliphatic rings. The van der Waals surface area contributed by atoms with Crippen molar-refractivity contribution >= 4 is 21.7 Å². The van der Waals surface area contributed by atoms with Crippen LogP contribution < -0.4 is 10.0 Å². The molecular weight excluding hydrogens is 388 g/mol. The number of hydrogen-bond donors (Lipinski definition) is 2. The fourth-order valence-electron chi connectivity index (χ4n) is 3.22. The molecule has 3 aromatic rings. The molecular formula is C22H20N2O4S. The molecule has 29 heavy (non-hydrogen) atoms. The third-order valence-electron chi connectivity index (χ3n) is 4.68. The predicted octanol–water partition coefficient (Wildman–Crippen LogP) is 3.75. The highest BCUT2D eigenvalue weighted by atomic mass is 32.2. The number of carbonyl (C=O) groups excluding carboxylic acids is 1. The molecule has 1 aliphatic heterocycles. The van der Waals surface area contributed by atoms with E-state index in [4.69, 9.17) is 4.74 Å². The summed E-state index contributed by atoms with van der Waals surface area (Å²) in [5.41, 5.74) is 3.66. The van der Waals surface area contributed by atoms with Gasteiger partial charge in [0.2, 0.25) is 10.0 Å². The second-order valence-electron chi connectivity index (χ2n) is 6.88. The number of rotatable bonds is 4.